The lowest BCUT2D eigenvalue weighted by molar-refractivity contribution is -0.384. The molecule has 0 spiro atoms. The quantitative estimate of drug-likeness (QED) is 0.574. The van der Waals surface area contributed by atoms with Crippen LogP contribution in [0.2, 0.25) is 0 Å². The van der Waals surface area contributed by atoms with Crippen molar-refractivity contribution in [2.45, 2.75) is 32.4 Å². The number of nitro groups is 1. The van der Waals surface area contributed by atoms with Gasteiger partial charge in [-0.2, -0.15) is 0 Å². The molecule has 23 heavy (non-hydrogen) atoms. The first-order chi connectivity index (χ1) is 10.8. The van der Waals surface area contributed by atoms with E-state index in [1.54, 1.807) is 0 Å². The molecular weight excluding hydrogens is 430 g/mol. The molecule has 9 heteroatoms. The number of nitro benzene ring substituents is 1. The SMILES string of the molecule is CC(C)n1c(N2CC[C@@H](N)C2)nc2c([N+](=O)[O-])c(Br)c(Br)cc21. The topological polar surface area (TPSA) is 90.2 Å². The molecule has 2 aromatic rings. The van der Waals surface area contributed by atoms with Crippen LogP contribution in [0.3, 0.4) is 0 Å². The third kappa shape index (κ3) is 2.74. The van der Waals surface area contributed by atoms with E-state index < -0.39 is 4.92 Å². The highest BCUT2D eigenvalue weighted by molar-refractivity contribution is 9.13. The maximum Gasteiger partial charge on any atom is 0.312 e. The number of benzene rings is 1. The van der Waals surface area contributed by atoms with Crippen molar-refractivity contribution in [1.82, 2.24) is 9.55 Å². The molecule has 2 heterocycles. The number of nitrogens with zero attached hydrogens (tertiary/aromatic N) is 4. The lowest BCUT2D eigenvalue weighted by atomic mass is 10.2. The van der Waals surface area contributed by atoms with E-state index in [2.05, 4.69) is 41.7 Å². The van der Waals surface area contributed by atoms with Gasteiger partial charge >= 0.3 is 5.69 Å². The Balaban J connectivity index is 2.31. The minimum absolute atomic E-state index is 0.0153. The number of fused-ring (bicyclic) bond motifs is 1. The standard InChI is InChI=1S/C14H17Br2N5O2/c1-7(2)20-10-5-9(15)11(16)13(21(22)23)12(10)18-14(20)19-4-3-8(17)6-19/h5,7-8H,3-4,6,17H2,1-2H3/t8-/m1/s1. The second-order valence-electron chi connectivity index (χ2n) is 6.02. The Labute approximate surface area is 150 Å². The van der Waals surface area contributed by atoms with E-state index in [4.69, 9.17) is 5.73 Å². The van der Waals surface area contributed by atoms with Crippen molar-refractivity contribution in [3.8, 4) is 0 Å². The van der Waals surface area contributed by atoms with Crippen molar-refractivity contribution < 1.29 is 4.92 Å². The lowest BCUT2D eigenvalue weighted by Crippen LogP contribution is -2.28. The monoisotopic (exact) mass is 445 g/mol. The fourth-order valence-corrected chi connectivity index (χ4v) is 3.86. The number of imidazole rings is 1. The summed E-state index contributed by atoms with van der Waals surface area (Å²) in [5.41, 5.74) is 7.14. The summed E-state index contributed by atoms with van der Waals surface area (Å²) in [5, 5.41) is 11.5. The van der Waals surface area contributed by atoms with Crippen LogP contribution in [0.1, 0.15) is 26.3 Å². The first-order valence-corrected chi connectivity index (χ1v) is 8.94. The van der Waals surface area contributed by atoms with Crippen LogP contribution >= 0.6 is 31.9 Å². The highest BCUT2D eigenvalue weighted by Gasteiger charge is 2.30. The molecule has 2 N–H and O–H groups in total. The Bertz CT molecular complexity index is 789. The zero-order valence-electron chi connectivity index (χ0n) is 12.8. The molecule has 1 aliphatic rings. The third-order valence-electron chi connectivity index (χ3n) is 4.04. The molecule has 1 atom stereocenters. The fraction of sp³-hybridized carbons (Fsp3) is 0.500. The van der Waals surface area contributed by atoms with Gasteiger partial charge in [0.15, 0.2) is 5.52 Å². The highest BCUT2D eigenvalue weighted by Crippen LogP contribution is 2.41. The molecule has 0 saturated carbocycles. The second-order valence-corrected chi connectivity index (χ2v) is 7.66. The van der Waals surface area contributed by atoms with Crippen molar-refractivity contribution in [1.29, 1.82) is 0 Å². The molecule has 0 unspecified atom stereocenters. The molecule has 0 radical (unpaired) electrons. The molecule has 7 nitrogen and oxygen atoms in total. The fourth-order valence-electron chi connectivity index (χ4n) is 3.01. The largest absolute Gasteiger partial charge is 0.341 e. The second kappa shape index (κ2) is 6.03. The maximum absolute atomic E-state index is 11.5. The number of anilines is 1. The molecule has 3 rings (SSSR count). The van der Waals surface area contributed by atoms with Gasteiger partial charge in [0.05, 0.1) is 10.4 Å². The van der Waals surface area contributed by atoms with E-state index in [1.807, 2.05) is 24.5 Å². The van der Waals surface area contributed by atoms with Gasteiger partial charge in [-0.1, -0.05) is 0 Å². The zero-order valence-corrected chi connectivity index (χ0v) is 16.0. The van der Waals surface area contributed by atoms with Crippen molar-refractivity contribution in [3.63, 3.8) is 0 Å². The number of hydrogen-bond donors (Lipinski definition) is 1. The van der Waals surface area contributed by atoms with E-state index in [9.17, 15) is 10.1 Å². The van der Waals surface area contributed by atoms with Crippen LogP contribution in [0, 0.1) is 10.1 Å². The maximum atomic E-state index is 11.5. The summed E-state index contributed by atoms with van der Waals surface area (Å²) >= 11 is 6.69. The van der Waals surface area contributed by atoms with Gasteiger partial charge in [-0.25, -0.2) is 4.98 Å². The molecule has 1 saturated heterocycles. The van der Waals surface area contributed by atoms with Gasteiger partial charge in [0.1, 0.15) is 4.47 Å². The van der Waals surface area contributed by atoms with Gasteiger partial charge in [-0.05, 0) is 58.2 Å². The van der Waals surface area contributed by atoms with Gasteiger partial charge < -0.3 is 15.2 Å². The molecule has 1 aliphatic heterocycles. The smallest absolute Gasteiger partial charge is 0.312 e. The van der Waals surface area contributed by atoms with Crippen molar-refractivity contribution >= 4 is 54.5 Å². The zero-order chi connectivity index (χ0) is 16.9. The van der Waals surface area contributed by atoms with E-state index in [1.165, 1.54) is 0 Å². The average molecular weight is 447 g/mol. The van der Waals surface area contributed by atoms with Gasteiger partial charge in [0.25, 0.3) is 0 Å². The molecule has 1 aromatic carbocycles. The molecule has 1 aromatic heterocycles. The van der Waals surface area contributed by atoms with Crippen LogP contribution in [0.15, 0.2) is 15.0 Å². The predicted molar refractivity (Wildman–Crippen MR) is 97.0 cm³/mol. The van der Waals surface area contributed by atoms with Gasteiger partial charge in [0, 0.05) is 29.6 Å². The van der Waals surface area contributed by atoms with E-state index in [-0.39, 0.29) is 17.8 Å². The molecule has 0 amide bonds. The summed E-state index contributed by atoms with van der Waals surface area (Å²) in [6.07, 6.45) is 0.900. The molecular formula is C14H17Br2N5O2. The summed E-state index contributed by atoms with van der Waals surface area (Å²) in [5.74, 6) is 0.746. The average Bonchev–Trinajstić information content (AvgIpc) is 3.02. The molecule has 1 fully saturated rings. The van der Waals surface area contributed by atoms with Crippen LogP contribution in [0.5, 0.6) is 0 Å². The minimum Gasteiger partial charge on any atom is -0.341 e. The Hall–Kier alpha value is -1.19. The summed E-state index contributed by atoms with van der Waals surface area (Å²) in [6, 6.07) is 2.11. The summed E-state index contributed by atoms with van der Waals surface area (Å²) in [7, 11) is 0. The highest BCUT2D eigenvalue weighted by atomic mass is 79.9. The third-order valence-corrected chi connectivity index (χ3v) is 6.00. The molecule has 0 bridgehead atoms. The van der Waals surface area contributed by atoms with Gasteiger partial charge in [-0.15, -0.1) is 0 Å². The molecule has 124 valence electrons. The van der Waals surface area contributed by atoms with Crippen molar-refractivity contribution in [3.05, 3.63) is 25.1 Å². The lowest BCUT2D eigenvalue weighted by Gasteiger charge is -2.21. The predicted octanol–water partition coefficient (Wildman–Crippen LogP) is 3.59. The Morgan fingerprint density at radius 3 is 2.70 bits per heavy atom. The number of aromatic nitrogens is 2. The number of halogens is 2. The van der Waals surface area contributed by atoms with Crippen LogP contribution in [0.25, 0.3) is 11.0 Å². The summed E-state index contributed by atoms with van der Waals surface area (Å²) < 4.78 is 3.09. The van der Waals surface area contributed by atoms with E-state index in [0.29, 0.717) is 21.0 Å². The van der Waals surface area contributed by atoms with Crippen LogP contribution in [-0.4, -0.2) is 33.6 Å². The number of nitrogens with two attached hydrogens (primary N) is 1. The first-order valence-electron chi connectivity index (χ1n) is 7.36. The first kappa shape index (κ1) is 16.7. The normalized spacial score (nSPS) is 18.3. The number of hydrogen-bond acceptors (Lipinski definition) is 5. The number of rotatable bonds is 3. The van der Waals surface area contributed by atoms with Crippen LogP contribution in [-0.2, 0) is 0 Å². The van der Waals surface area contributed by atoms with Gasteiger partial charge in [-0.3, -0.25) is 10.1 Å². The minimum atomic E-state index is -0.395. The van der Waals surface area contributed by atoms with Crippen LogP contribution in [0.4, 0.5) is 11.6 Å². The van der Waals surface area contributed by atoms with E-state index >= 15 is 0 Å². The van der Waals surface area contributed by atoms with Crippen molar-refractivity contribution in [2.75, 3.05) is 18.0 Å². The Kier molecular flexibility index (Phi) is 4.37. The Morgan fingerprint density at radius 1 is 1.48 bits per heavy atom. The summed E-state index contributed by atoms with van der Waals surface area (Å²) in [6.45, 7) is 5.62. The van der Waals surface area contributed by atoms with E-state index in [0.717, 1.165) is 24.4 Å². The van der Waals surface area contributed by atoms with Crippen molar-refractivity contribution in [2.24, 2.45) is 5.73 Å². The van der Waals surface area contributed by atoms with Crippen LogP contribution < -0.4 is 10.6 Å². The Morgan fingerprint density at radius 2 is 2.17 bits per heavy atom. The molecule has 0 aliphatic carbocycles. The van der Waals surface area contributed by atoms with Gasteiger partial charge in [0.2, 0.25) is 5.95 Å². The summed E-state index contributed by atoms with van der Waals surface area (Å²) in [4.78, 5) is 17.9.